The predicted molar refractivity (Wildman–Crippen MR) is 118 cm³/mol. The third-order valence-corrected chi connectivity index (χ3v) is 5.56. The predicted octanol–water partition coefficient (Wildman–Crippen LogP) is 5.64. The van der Waals surface area contributed by atoms with E-state index in [-0.39, 0.29) is 18.1 Å². The number of nitriles is 1. The molecule has 32 heavy (non-hydrogen) atoms. The first-order valence-electron chi connectivity index (χ1n) is 10.3. The molecule has 0 aliphatic carbocycles. The molecule has 2 atom stereocenters. The van der Waals surface area contributed by atoms with Crippen molar-refractivity contribution in [3.05, 3.63) is 102 Å². The van der Waals surface area contributed by atoms with E-state index < -0.39 is 0 Å². The molecule has 5 aromatic rings. The fraction of sp³-hybridized carbons (Fsp3) is 0.115. The van der Waals surface area contributed by atoms with Gasteiger partial charge in [-0.3, -0.25) is 0 Å². The van der Waals surface area contributed by atoms with Gasteiger partial charge in [-0.15, -0.1) is 0 Å². The summed E-state index contributed by atoms with van der Waals surface area (Å²) in [6, 6.07) is 27.7. The molecule has 3 aromatic carbocycles. The molecule has 2 unspecified atom stereocenters. The molecule has 1 fully saturated rings. The van der Waals surface area contributed by atoms with E-state index in [1.165, 1.54) is 0 Å². The van der Waals surface area contributed by atoms with Crippen LogP contribution in [0.15, 0.2) is 83.3 Å². The van der Waals surface area contributed by atoms with E-state index in [2.05, 4.69) is 16.0 Å². The lowest BCUT2D eigenvalue weighted by atomic mass is 10.0. The van der Waals surface area contributed by atoms with E-state index in [1.54, 1.807) is 0 Å². The van der Waals surface area contributed by atoms with Gasteiger partial charge >= 0.3 is 5.89 Å². The lowest BCUT2D eigenvalue weighted by molar-refractivity contribution is 0.301. The minimum absolute atomic E-state index is 0.0443. The highest BCUT2D eigenvalue weighted by atomic mass is 16.6. The quantitative estimate of drug-likeness (QED) is 0.343. The Morgan fingerprint density at radius 3 is 2.62 bits per heavy atom. The van der Waals surface area contributed by atoms with Crippen LogP contribution in [0.1, 0.15) is 34.9 Å². The molecular formula is C26H17N3O3. The first kappa shape index (κ1) is 18.6. The summed E-state index contributed by atoms with van der Waals surface area (Å²) in [4.78, 5) is 8.84. The molecule has 154 valence electrons. The average Bonchev–Trinajstić information content (AvgIpc) is 3.54. The van der Waals surface area contributed by atoms with Crippen LogP contribution in [0, 0.1) is 11.3 Å². The van der Waals surface area contributed by atoms with Gasteiger partial charge in [-0.1, -0.05) is 42.5 Å². The molecule has 3 heterocycles. The summed E-state index contributed by atoms with van der Waals surface area (Å²) in [5, 5.41) is 10.1. The highest BCUT2D eigenvalue weighted by Crippen LogP contribution is 2.51. The largest absolute Gasteiger partial charge is 0.487 e. The van der Waals surface area contributed by atoms with E-state index in [0.29, 0.717) is 17.7 Å². The molecule has 6 nitrogen and oxygen atoms in total. The Bertz CT molecular complexity index is 1500. The maximum Gasteiger partial charge on any atom is 0.301 e. The molecule has 0 spiro atoms. The fourth-order valence-corrected chi connectivity index (χ4v) is 3.92. The summed E-state index contributed by atoms with van der Waals surface area (Å²) >= 11 is 0. The molecule has 0 radical (unpaired) electrons. The number of nitrogens with zero attached hydrogens (tertiary/aromatic N) is 3. The Morgan fingerprint density at radius 2 is 1.72 bits per heavy atom. The highest BCUT2D eigenvalue weighted by Gasteiger charge is 2.41. The summed E-state index contributed by atoms with van der Waals surface area (Å²) < 4.78 is 17.3. The summed E-state index contributed by atoms with van der Waals surface area (Å²) in [5.74, 6) is 0.841. The van der Waals surface area contributed by atoms with Crippen LogP contribution in [-0.4, -0.2) is 9.97 Å². The first-order valence-corrected chi connectivity index (χ1v) is 10.3. The van der Waals surface area contributed by atoms with E-state index in [0.717, 1.165) is 33.5 Å². The maximum absolute atomic E-state index is 8.96. The zero-order valence-electron chi connectivity index (χ0n) is 16.9. The third-order valence-electron chi connectivity index (χ3n) is 5.56. The van der Waals surface area contributed by atoms with Crippen molar-refractivity contribution < 1.29 is 13.9 Å². The number of hydrogen-bond acceptors (Lipinski definition) is 6. The molecule has 6 rings (SSSR count). The number of hydrogen-bond donors (Lipinski definition) is 0. The van der Waals surface area contributed by atoms with Crippen LogP contribution in [0.25, 0.3) is 22.0 Å². The van der Waals surface area contributed by atoms with Crippen LogP contribution in [0.5, 0.6) is 5.75 Å². The number of aromatic nitrogens is 2. The van der Waals surface area contributed by atoms with Crippen LogP contribution in [0.4, 0.5) is 0 Å². The monoisotopic (exact) mass is 419 g/mol. The Kier molecular flexibility index (Phi) is 4.34. The number of para-hydroxylation sites is 1. The van der Waals surface area contributed by atoms with Crippen molar-refractivity contribution in [2.24, 2.45) is 0 Å². The Balaban J connectivity index is 1.16. The number of epoxide rings is 1. The molecule has 0 amide bonds. The first-order chi connectivity index (χ1) is 15.8. The molecule has 0 saturated carbocycles. The molecule has 1 aliphatic heterocycles. The van der Waals surface area contributed by atoms with Crippen molar-refractivity contribution in [3.63, 3.8) is 0 Å². The molecule has 0 bridgehead atoms. The normalized spacial score (nSPS) is 17.3. The molecular weight excluding hydrogens is 402 g/mol. The van der Waals surface area contributed by atoms with Gasteiger partial charge in [0.2, 0.25) is 0 Å². The fourth-order valence-electron chi connectivity index (χ4n) is 3.92. The Morgan fingerprint density at radius 1 is 0.844 bits per heavy atom. The minimum Gasteiger partial charge on any atom is -0.487 e. The third kappa shape index (κ3) is 3.45. The second-order valence-electron chi connectivity index (χ2n) is 7.69. The Hall–Kier alpha value is -4.21. The standard InChI is InChI=1S/C26H17N3O3/c27-14-24-29-22-13-18(9-11-23(22)31-24)26-25(32-26)17-5-3-6-20(12-17)30-15-19-10-8-16-4-1-2-7-21(16)28-19/h1-13,25-26H,15H2. The number of benzene rings is 3. The van der Waals surface area contributed by atoms with Gasteiger partial charge in [0, 0.05) is 5.39 Å². The van der Waals surface area contributed by atoms with E-state index in [4.69, 9.17) is 19.2 Å². The number of pyridine rings is 1. The van der Waals surface area contributed by atoms with Gasteiger partial charge in [-0.25, -0.2) is 4.98 Å². The second kappa shape index (κ2) is 7.49. The zero-order valence-corrected chi connectivity index (χ0v) is 16.9. The van der Waals surface area contributed by atoms with Crippen LogP contribution >= 0.6 is 0 Å². The number of oxazole rings is 1. The van der Waals surface area contributed by atoms with E-state index in [1.807, 2.05) is 78.9 Å². The van der Waals surface area contributed by atoms with E-state index in [9.17, 15) is 0 Å². The van der Waals surface area contributed by atoms with Gasteiger partial charge in [-0.05, 0) is 47.5 Å². The highest BCUT2D eigenvalue weighted by molar-refractivity contribution is 5.78. The molecule has 6 heteroatoms. The SMILES string of the molecule is N#Cc1nc2cc(C3OC3c3cccc(OCc4ccc5ccccc5n4)c3)ccc2o1. The van der Waals surface area contributed by atoms with Gasteiger partial charge in [0.05, 0.1) is 11.2 Å². The zero-order chi connectivity index (χ0) is 21.5. The van der Waals surface area contributed by atoms with Crippen molar-refractivity contribution >= 4 is 22.0 Å². The topological polar surface area (TPSA) is 84.5 Å². The number of rotatable bonds is 5. The summed E-state index contributed by atoms with van der Waals surface area (Å²) in [7, 11) is 0. The molecule has 1 aliphatic rings. The number of fused-ring (bicyclic) bond motifs is 2. The van der Waals surface area contributed by atoms with Crippen molar-refractivity contribution in [2.45, 2.75) is 18.8 Å². The van der Waals surface area contributed by atoms with Crippen molar-refractivity contribution in [2.75, 3.05) is 0 Å². The van der Waals surface area contributed by atoms with Crippen molar-refractivity contribution in [1.82, 2.24) is 9.97 Å². The lowest BCUT2D eigenvalue weighted by Crippen LogP contribution is -1.99. The lowest BCUT2D eigenvalue weighted by Gasteiger charge is -2.08. The second-order valence-corrected chi connectivity index (χ2v) is 7.69. The van der Waals surface area contributed by atoms with Gasteiger partial charge in [0.15, 0.2) is 11.7 Å². The number of ether oxygens (including phenoxy) is 2. The Labute approximate surface area is 183 Å². The summed E-state index contributed by atoms with van der Waals surface area (Å²) in [5.41, 5.74) is 5.16. The maximum atomic E-state index is 8.96. The molecule has 2 aromatic heterocycles. The smallest absolute Gasteiger partial charge is 0.301 e. The van der Waals surface area contributed by atoms with Gasteiger partial charge in [0.1, 0.15) is 30.1 Å². The molecule has 0 N–H and O–H groups in total. The average molecular weight is 419 g/mol. The van der Waals surface area contributed by atoms with Crippen LogP contribution in [-0.2, 0) is 11.3 Å². The van der Waals surface area contributed by atoms with Crippen molar-refractivity contribution in [1.29, 1.82) is 5.26 Å². The van der Waals surface area contributed by atoms with Crippen LogP contribution < -0.4 is 4.74 Å². The summed E-state index contributed by atoms with van der Waals surface area (Å²) in [6.45, 7) is 0.396. The van der Waals surface area contributed by atoms with E-state index >= 15 is 0 Å². The van der Waals surface area contributed by atoms with Gasteiger partial charge in [0.25, 0.3) is 0 Å². The minimum atomic E-state index is -0.0564. The van der Waals surface area contributed by atoms with Crippen LogP contribution in [0.3, 0.4) is 0 Å². The summed E-state index contributed by atoms with van der Waals surface area (Å²) in [6.07, 6.45) is -0.101. The van der Waals surface area contributed by atoms with Gasteiger partial charge < -0.3 is 13.9 Å². The molecule has 1 saturated heterocycles. The van der Waals surface area contributed by atoms with Gasteiger partial charge in [-0.2, -0.15) is 10.2 Å². The van der Waals surface area contributed by atoms with Crippen molar-refractivity contribution in [3.8, 4) is 11.8 Å². The van der Waals surface area contributed by atoms with Crippen LogP contribution in [0.2, 0.25) is 0 Å².